The summed E-state index contributed by atoms with van der Waals surface area (Å²) in [5, 5.41) is 3.46. The predicted octanol–water partition coefficient (Wildman–Crippen LogP) is 6.70. The average molecular weight is 367 g/mol. The number of ether oxygens (including phenoxy) is 1. The Morgan fingerprint density at radius 2 is 1.52 bits per heavy atom. The van der Waals surface area contributed by atoms with Crippen LogP contribution >= 0.6 is 11.3 Å². The van der Waals surface area contributed by atoms with Crippen LogP contribution in [0.25, 0.3) is 31.6 Å². The van der Waals surface area contributed by atoms with E-state index in [1.165, 1.54) is 21.0 Å². The summed E-state index contributed by atoms with van der Waals surface area (Å²) in [6.07, 6.45) is 0. The Bertz CT molecular complexity index is 1200. The molecule has 2 nitrogen and oxygen atoms in total. The molecule has 0 N–H and O–H groups in total. The lowest BCUT2D eigenvalue weighted by molar-refractivity contribution is 0.309. The molecule has 0 bridgehead atoms. The molecule has 0 amide bonds. The second-order valence-electron chi connectivity index (χ2n) is 6.41. The molecule has 3 heteroatoms. The summed E-state index contributed by atoms with van der Waals surface area (Å²) >= 11 is 1.70. The van der Waals surface area contributed by atoms with E-state index < -0.39 is 0 Å². The van der Waals surface area contributed by atoms with Crippen molar-refractivity contribution in [3.8, 4) is 16.3 Å². The van der Waals surface area contributed by atoms with Crippen molar-refractivity contribution in [3.05, 3.63) is 96.6 Å². The highest BCUT2D eigenvalue weighted by atomic mass is 32.1. The molecule has 0 fully saturated rings. The van der Waals surface area contributed by atoms with E-state index in [4.69, 9.17) is 9.72 Å². The van der Waals surface area contributed by atoms with Crippen LogP contribution in [-0.2, 0) is 6.61 Å². The van der Waals surface area contributed by atoms with Gasteiger partial charge in [0.05, 0.1) is 15.8 Å². The Morgan fingerprint density at radius 3 is 2.48 bits per heavy atom. The van der Waals surface area contributed by atoms with Gasteiger partial charge in [-0.1, -0.05) is 66.7 Å². The van der Waals surface area contributed by atoms with Crippen molar-refractivity contribution >= 4 is 32.3 Å². The summed E-state index contributed by atoms with van der Waals surface area (Å²) in [7, 11) is 0. The number of fused-ring (bicyclic) bond motifs is 2. The van der Waals surface area contributed by atoms with Crippen molar-refractivity contribution in [2.45, 2.75) is 6.61 Å². The lowest BCUT2D eigenvalue weighted by Crippen LogP contribution is -1.97. The highest BCUT2D eigenvalue weighted by Crippen LogP contribution is 2.36. The van der Waals surface area contributed by atoms with E-state index in [2.05, 4.69) is 60.7 Å². The maximum absolute atomic E-state index is 6.25. The maximum atomic E-state index is 6.25. The second kappa shape index (κ2) is 6.86. The van der Waals surface area contributed by atoms with Crippen molar-refractivity contribution in [1.29, 1.82) is 0 Å². The number of rotatable bonds is 4. The van der Waals surface area contributed by atoms with Gasteiger partial charge in [-0.05, 0) is 40.6 Å². The van der Waals surface area contributed by atoms with E-state index in [1.807, 2.05) is 30.3 Å². The highest BCUT2D eigenvalue weighted by Gasteiger charge is 2.11. The van der Waals surface area contributed by atoms with Gasteiger partial charge in [-0.3, -0.25) is 0 Å². The van der Waals surface area contributed by atoms with E-state index >= 15 is 0 Å². The standard InChI is InChI=1S/C24H17NOS/c1-2-11-19-17(8-1)9-7-10-18(19)16-26-22-14-5-3-12-20(22)24-25-21-13-4-6-15-23(21)27-24/h1-15H,16H2. The number of para-hydroxylation sites is 2. The first kappa shape index (κ1) is 16.0. The largest absolute Gasteiger partial charge is 0.488 e. The summed E-state index contributed by atoms with van der Waals surface area (Å²) in [6.45, 7) is 0.531. The van der Waals surface area contributed by atoms with Gasteiger partial charge >= 0.3 is 0 Å². The van der Waals surface area contributed by atoms with Crippen molar-refractivity contribution in [2.24, 2.45) is 0 Å². The monoisotopic (exact) mass is 367 g/mol. The van der Waals surface area contributed by atoms with Crippen LogP contribution in [0, 0.1) is 0 Å². The molecule has 130 valence electrons. The first-order valence-corrected chi connectivity index (χ1v) is 9.74. The first-order chi connectivity index (χ1) is 13.4. The second-order valence-corrected chi connectivity index (χ2v) is 7.44. The molecule has 1 aromatic heterocycles. The van der Waals surface area contributed by atoms with Gasteiger partial charge in [-0.2, -0.15) is 0 Å². The van der Waals surface area contributed by atoms with E-state index in [0.29, 0.717) is 6.61 Å². The number of nitrogens with zero attached hydrogens (tertiary/aromatic N) is 1. The molecular formula is C24H17NOS. The summed E-state index contributed by atoms with van der Waals surface area (Å²) in [5.41, 5.74) is 3.26. The molecule has 0 aliphatic heterocycles. The Labute approximate surface area is 161 Å². The number of hydrogen-bond donors (Lipinski definition) is 0. The van der Waals surface area contributed by atoms with Gasteiger partial charge in [0.25, 0.3) is 0 Å². The van der Waals surface area contributed by atoms with Gasteiger partial charge in [0, 0.05) is 0 Å². The Kier molecular flexibility index (Phi) is 4.07. The van der Waals surface area contributed by atoms with Crippen molar-refractivity contribution in [1.82, 2.24) is 4.98 Å². The van der Waals surface area contributed by atoms with Crippen molar-refractivity contribution in [3.63, 3.8) is 0 Å². The molecule has 0 aliphatic rings. The lowest BCUT2D eigenvalue weighted by atomic mass is 10.1. The SMILES string of the molecule is c1ccc(-c2nc3ccccc3s2)c(OCc2cccc3ccccc23)c1. The number of thiazole rings is 1. The molecule has 0 radical (unpaired) electrons. The number of aromatic nitrogens is 1. The van der Waals surface area contributed by atoms with Crippen LogP contribution in [-0.4, -0.2) is 4.98 Å². The summed E-state index contributed by atoms with van der Waals surface area (Å²) in [5.74, 6) is 0.865. The fourth-order valence-electron chi connectivity index (χ4n) is 3.33. The van der Waals surface area contributed by atoms with Gasteiger partial charge in [0.2, 0.25) is 0 Å². The fourth-order valence-corrected chi connectivity index (χ4v) is 4.33. The van der Waals surface area contributed by atoms with E-state index in [9.17, 15) is 0 Å². The van der Waals surface area contributed by atoms with Crippen LogP contribution < -0.4 is 4.74 Å². The molecule has 4 aromatic carbocycles. The maximum Gasteiger partial charge on any atom is 0.130 e. The molecule has 0 saturated heterocycles. The van der Waals surface area contributed by atoms with Gasteiger partial charge in [0.15, 0.2) is 0 Å². The van der Waals surface area contributed by atoms with Crippen molar-refractivity contribution < 1.29 is 4.74 Å². The molecule has 0 aliphatic carbocycles. The number of benzene rings is 4. The minimum Gasteiger partial charge on any atom is -0.488 e. The molecular weight excluding hydrogens is 350 g/mol. The van der Waals surface area contributed by atoms with Crippen LogP contribution in [0.2, 0.25) is 0 Å². The molecule has 1 heterocycles. The van der Waals surface area contributed by atoms with E-state index in [1.54, 1.807) is 11.3 Å². The topological polar surface area (TPSA) is 22.1 Å². The van der Waals surface area contributed by atoms with Crippen molar-refractivity contribution in [2.75, 3.05) is 0 Å². The molecule has 27 heavy (non-hydrogen) atoms. The quantitative estimate of drug-likeness (QED) is 0.353. The Hall–Kier alpha value is -3.17. The normalized spacial score (nSPS) is 11.1. The lowest BCUT2D eigenvalue weighted by Gasteiger charge is -2.11. The number of hydrogen-bond acceptors (Lipinski definition) is 3. The molecule has 0 spiro atoms. The molecule has 5 rings (SSSR count). The summed E-state index contributed by atoms with van der Waals surface area (Å²) in [4.78, 5) is 4.79. The highest BCUT2D eigenvalue weighted by molar-refractivity contribution is 7.21. The van der Waals surface area contributed by atoms with Crippen LogP contribution in [0.1, 0.15) is 5.56 Å². The van der Waals surface area contributed by atoms with Gasteiger partial charge in [-0.15, -0.1) is 11.3 Å². The fraction of sp³-hybridized carbons (Fsp3) is 0.0417. The van der Waals surface area contributed by atoms with Crippen LogP contribution in [0.4, 0.5) is 0 Å². The van der Waals surface area contributed by atoms with E-state index in [-0.39, 0.29) is 0 Å². The zero-order valence-corrected chi connectivity index (χ0v) is 15.4. The van der Waals surface area contributed by atoms with E-state index in [0.717, 1.165) is 21.8 Å². The molecule has 5 aromatic rings. The zero-order valence-electron chi connectivity index (χ0n) is 14.6. The van der Waals surface area contributed by atoms with Gasteiger partial charge in [-0.25, -0.2) is 4.98 Å². The molecule has 0 saturated carbocycles. The summed E-state index contributed by atoms with van der Waals surface area (Å²) in [6, 6.07) is 31.1. The minimum absolute atomic E-state index is 0.531. The minimum atomic E-state index is 0.531. The molecule has 0 unspecified atom stereocenters. The van der Waals surface area contributed by atoms with Crippen LogP contribution in [0.15, 0.2) is 91.0 Å². The third kappa shape index (κ3) is 3.07. The average Bonchev–Trinajstić information content (AvgIpc) is 3.16. The van der Waals surface area contributed by atoms with Crippen LogP contribution in [0.5, 0.6) is 5.75 Å². The van der Waals surface area contributed by atoms with Gasteiger partial charge in [0.1, 0.15) is 17.4 Å². The zero-order chi connectivity index (χ0) is 18.1. The smallest absolute Gasteiger partial charge is 0.130 e. The van der Waals surface area contributed by atoms with Gasteiger partial charge < -0.3 is 4.74 Å². The first-order valence-electron chi connectivity index (χ1n) is 8.93. The summed E-state index contributed by atoms with van der Waals surface area (Å²) < 4.78 is 7.44. The Balaban J connectivity index is 1.49. The molecule has 0 atom stereocenters. The van der Waals surface area contributed by atoms with Crippen LogP contribution in [0.3, 0.4) is 0 Å². The Morgan fingerprint density at radius 1 is 0.741 bits per heavy atom. The predicted molar refractivity (Wildman–Crippen MR) is 113 cm³/mol. The third-order valence-electron chi connectivity index (χ3n) is 4.67. The third-order valence-corrected chi connectivity index (χ3v) is 5.74.